The molecule has 25 heavy (non-hydrogen) atoms. The fourth-order valence-corrected chi connectivity index (χ4v) is 5.26. The number of aromatic nitrogens is 2. The third kappa shape index (κ3) is 3.12. The van der Waals surface area contributed by atoms with Gasteiger partial charge in [0, 0.05) is 37.9 Å². The first-order chi connectivity index (χ1) is 12.1. The number of carbonyl (C=O) groups excluding carboxylic acids is 1. The molecule has 4 rings (SSSR count). The molecular weight excluding hydrogens is 312 g/mol. The number of nitrogens with zero attached hydrogens (tertiary/aromatic N) is 4. The van der Waals surface area contributed by atoms with Crippen molar-refractivity contribution in [1.82, 2.24) is 19.4 Å². The van der Waals surface area contributed by atoms with Crippen LogP contribution in [0.25, 0.3) is 0 Å². The molecule has 1 aromatic heterocycles. The Morgan fingerprint density at radius 1 is 1.20 bits per heavy atom. The van der Waals surface area contributed by atoms with Gasteiger partial charge in [-0.3, -0.25) is 9.69 Å². The summed E-state index contributed by atoms with van der Waals surface area (Å²) in [5.74, 6) is 0.403. The van der Waals surface area contributed by atoms with Gasteiger partial charge in [0.05, 0.1) is 17.4 Å². The molecule has 3 fully saturated rings. The predicted octanol–water partition coefficient (Wildman–Crippen LogP) is 3.22. The zero-order valence-corrected chi connectivity index (χ0v) is 15.8. The van der Waals surface area contributed by atoms with Crippen molar-refractivity contribution < 1.29 is 4.79 Å². The third-order valence-electron chi connectivity index (χ3n) is 6.68. The zero-order chi connectivity index (χ0) is 17.4. The zero-order valence-electron chi connectivity index (χ0n) is 15.8. The third-order valence-corrected chi connectivity index (χ3v) is 6.68. The van der Waals surface area contributed by atoms with Gasteiger partial charge in [0.2, 0.25) is 5.91 Å². The average Bonchev–Trinajstić information content (AvgIpc) is 3.32. The van der Waals surface area contributed by atoms with Crippen LogP contribution in [0.5, 0.6) is 0 Å². The minimum Gasteiger partial charge on any atom is -0.340 e. The lowest BCUT2D eigenvalue weighted by Gasteiger charge is -2.41. The summed E-state index contributed by atoms with van der Waals surface area (Å²) in [5.41, 5.74) is 1.20. The van der Waals surface area contributed by atoms with Crippen molar-refractivity contribution >= 4 is 5.91 Å². The molecule has 1 spiro atoms. The van der Waals surface area contributed by atoms with Crippen molar-refractivity contribution in [2.45, 2.75) is 77.4 Å². The van der Waals surface area contributed by atoms with Crippen LogP contribution >= 0.6 is 0 Å². The summed E-state index contributed by atoms with van der Waals surface area (Å²) in [7, 11) is 0. The topological polar surface area (TPSA) is 41.4 Å². The second-order valence-electron chi connectivity index (χ2n) is 8.67. The van der Waals surface area contributed by atoms with Crippen molar-refractivity contribution in [3.63, 3.8) is 0 Å². The highest BCUT2D eigenvalue weighted by Gasteiger charge is 2.48. The molecule has 0 N–H and O–H groups in total. The first-order valence-electron chi connectivity index (χ1n) is 10.1. The van der Waals surface area contributed by atoms with Crippen LogP contribution < -0.4 is 0 Å². The van der Waals surface area contributed by atoms with Crippen LogP contribution in [0.15, 0.2) is 12.5 Å². The van der Waals surface area contributed by atoms with Crippen LogP contribution in [-0.2, 0) is 11.3 Å². The van der Waals surface area contributed by atoms with Gasteiger partial charge in [0.15, 0.2) is 0 Å². The van der Waals surface area contributed by atoms with E-state index in [-0.39, 0.29) is 5.41 Å². The van der Waals surface area contributed by atoms with Gasteiger partial charge in [-0.25, -0.2) is 4.98 Å². The maximum Gasteiger partial charge on any atom is 0.230 e. The van der Waals surface area contributed by atoms with E-state index in [1.165, 1.54) is 31.4 Å². The van der Waals surface area contributed by atoms with Crippen LogP contribution in [0.4, 0.5) is 0 Å². The number of rotatable bonds is 4. The highest BCUT2D eigenvalue weighted by molar-refractivity contribution is 5.84. The van der Waals surface area contributed by atoms with Gasteiger partial charge in [0.25, 0.3) is 0 Å². The number of imidazole rings is 1. The SMILES string of the molecule is CC(C)N1CCCC2(CCN(Cc3cncn3C3CCCC3)C2)C1=O. The Balaban J connectivity index is 1.45. The quantitative estimate of drug-likeness (QED) is 0.842. The molecule has 2 aliphatic heterocycles. The van der Waals surface area contributed by atoms with E-state index in [1.807, 2.05) is 12.5 Å². The van der Waals surface area contributed by atoms with Crippen molar-refractivity contribution in [1.29, 1.82) is 0 Å². The van der Waals surface area contributed by atoms with Gasteiger partial charge in [-0.05, 0) is 52.5 Å². The molecule has 3 heterocycles. The van der Waals surface area contributed by atoms with Crippen LogP contribution in [0, 0.1) is 5.41 Å². The van der Waals surface area contributed by atoms with E-state index in [1.54, 1.807) is 0 Å². The Kier molecular flexibility index (Phi) is 4.61. The van der Waals surface area contributed by atoms with E-state index < -0.39 is 0 Å². The van der Waals surface area contributed by atoms with E-state index in [0.29, 0.717) is 18.0 Å². The Morgan fingerprint density at radius 2 is 2.00 bits per heavy atom. The van der Waals surface area contributed by atoms with Crippen LogP contribution in [0.2, 0.25) is 0 Å². The van der Waals surface area contributed by atoms with Crippen LogP contribution in [-0.4, -0.2) is 50.9 Å². The summed E-state index contributed by atoms with van der Waals surface area (Å²) in [6, 6.07) is 0.962. The smallest absolute Gasteiger partial charge is 0.230 e. The summed E-state index contributed by atoms with van der Waals surface area (Å²) >= 11 is 0. The van der Waals surface area contributed by atoms with Crippen molar-refractivity contribution in [3.05, 3.63) is 18.2 Å². The molecule has 0 aromatic carbocycles. The summed E-state index contributed by atoms with van der Waals surface area (Å²) in [4.78, 5) is 22.1. The van der Waals surface area contributed by atoms with E-state index in [2.05, 4.69) is 33.2 Å². The molecule has 5 nitrogen and oxygen atoms in total. The van der Waals surface area contributed by atoms with Gasteiger partial charge in [0.1, 0.15) is 0 Å². The first-order valence-corrected chi connectivity index (χ1v) is 10.1. The molecule has 1 amide bonds. The Bertz CT molecular complexity index is 619. The Labute approximate surface area is 151 Å². The molecule has 2 saturated heterocycles. The lowest BCUT2D eigenvalue weighted by Crippen LogP contribution is -2.52. The molecular formula is C20H32N4O. The minimum atomic E-state index is -0.124. The predicted molar refractivity (Wildman–Crippen MR) is 98.1 cm³/mol. The minimum absolute atomic E-state index is 0.124. The molecule has 1 atom stereocenters. The number of hydrogen-bond donors (Lipinski definition) is 0. The van der Waals surface area contributed by atoms with Gasteiger partial charge < -0.3 is 9.47 Å². The van der Waals surface area contributed by atoms with E-state index in [9.17, 15) is 4.79 Å². The largest absolute Gasteiger partial charge is 0.340 e. The number of amides is 1. The monoisotopic (exact) mass is 344 g/mol. The van der Waals surface area contributed by atoms with Crippen LogP contribution in [0.1, 0.15) is 70.5 Å². The van der Waals surface area contributed by atoms with E-state index in [4.69, 9.17) is 0 Å². The molecule has 3 aliphatic rings. The van der Waals surface area contributed by atoms with Gasteiger partial charge in [-0.1, -0.05) is 12.8 Å². The van der Waals surface area contributed by atoms with Gasteiger partial charge in [-0.2, -0.15) is 0 Å². The molecule has 138 valence electrons. The summed E-state index contributed by atoms with van der Waals surface area (Å²) < 4.78 is 2.40. The fourth-order valence-electron chi connectivity index (χ4n) is 5.26. The Morgan fingerprint density at radius 3 is 2.76 bits per heavy atom. The lowest BCUT2D eigenvalue weighted by molar-refractivity contribution is -0.147. The summed E-state index contributed by atoms with van der Waals surface area (Å²) in [5, 5.41) is 0. The van der Waals surface area contributed by atoms with Crippen LogP contribution in [0.3, 0.4) is 0 Å². The summed E-state index contributed by atoms with van der Waals surface area (Å²) in [6.07, 6.45) is 12.5. The maximum absolute atomic E-state index is 13.1. The number of hydrogen-bond acceptors (Lipinski definition) is 3. The molecule has 0 radical (unpaired) electrons. The highest BCUT2D eigenvalue weighted by Crippen LogP contribution is 2.41. The second-order valence-corrected chi connectivity index (χ2v) is 8.67. The first kappa shape index (κ1) is 17.1. The number of carbonyl (C=O) groups is 1. The molecule has 5 heteroatoms. The van der Waals surface area contributed by atoms with Gasteiger partial charge in [-0.15, -0.1) is 0 Å². The maximum atomic E-state index is 13.1. The summed E-state index contributed by atoms with van der Waals surface area (Å²) in [6.45, 7) is 8.12. The Hall–Kier alpha value is -1.36. The van der Waals surface area contributed by atoms with Gasteiger partial charge >= 0.3 is 0 Å². The average molecular weight is 345 g/mol. The second kappa shape index (κ2) is 6.75. The lowest BCUT2D eigenvalue weighted by atomic mass is 9.78. The molecule has 1 aromatic rings. The van der Waals surface area contributed by atoms with Crippen molar-refractivity contribution in [3.8, 4) is 0 Å². The molecule has 1 aliphatic carbocycles. The van der Waals surface area contributed by atoms with E-state index >= 15 is 0 Å². The fraction of sp³-hybridized carbons (Fsp3) is 0.800. The standard InChI is InChI=1S/C20H32N4O/c1-16(2)23-10-5-8-20(19(23)25)9-11-22(14-20)13-18-12-21-15-24(18)17-6-3-4-7-17/h12,15-17H,3-11,13-14H2,1-2H3. The van der Waals surface area contributed by atoms with Crippen molar-refractivity contribution in [2.24, 2.45) is 5.41 Å². The molecule has 1 unspecified atom stereocenters. The van der Waals surface area contributed by atoms with E-state index in [0.717, 1.165) is 45.4 Å². The number of likely N-dealkylation sites (tertiary alicyclic amines) is 2. The highest BCUT2D eigenvalue weighted by atomic mass is 16.2. The molecule has 0 bridgehead atoms. The normalized spacial score (nSPS) is 28.8. The molecule has 1 saturated carbocycles. The number of piperidine rings is 1. The van der Waals surface area contributed by atoms with Crippen molar-refractivity contribution in [2.75, 3.05) is 19.6 Å².